The summed E-state index contributed by atoms with van der Waals surface area (Å²) in [5.74, 6) is 0. The van der Waals surface area contributed by atoms with Crippen molar-refractivity contribution in [2.24, 2.45) is 0 Å². The van der Waals surface area contributed by atoms with E-state index in [1.54, 1.807) is 4.88 Å². The third-order valence-electron chi connectivity index (χ3n) is 2.78. The molecule has 0 atom stereocenters. The molecule has 0 amide bonds. The average molecular weight is 297 g/mol. The molecule has 0 spiro atoms. The van der Waals surface area contributed by atoms with Crippen molar-refractivity contribution in [2.45, 2.75) is 32.1 Å². The molecule has 1 aromatic heterocycles. The lowest BCUT2D eigenvalue weighted by molar-refractivity contribution is 0.675. The molecule has 1 aromatic carbocycles. The average Bonchev–Trinajstić information content (AvgIpc) is 2.71. The van der Waals surface area contributed by atoms with Gasteiger partial charge in [0.1, 0.15) is 0 Å². The van der Waals surface area contributed by atoms with Gasteiger partial charge >= 0.3 is 0 Å². The Kier molecular flexibility index (Phi) is 4.86. The number of aryl methyl sites for hydroxylation is 1. The van der Waals surface area contributed by atoms with Crippen molar-refractivity contribution in [3.63, 3.8) is 0 Å². The second kappa shape index (κ2) is 6.41. The third-order valence-corrected chi connectivity index (χ3v) is 4.52. The van der Waals surface area contributed by atoms with Crippen LogP contribution in [0.3, 0.4) is 0 Å². The van der Waals surface area contributed by atoms with Crippen LogP contribution in [0.2, 0.25) is 0 Å². The molecule has 0 fully saturated rings. The number of unbranched alkanes of at least 4 members (excludes halogenated alkanes) is 3. The van der Waals surface area contributed by atoms with E-state index in [1.807, 2.05) is 11.3 Å². The summed E-state index contributed by atoms with van der Waals surface area (Å²) in [7, 11) is 0. The van der Waals surface area contributed by atoms with Crippen molar-refractivity contribution < 1.29 is 0 Å². The largest absolute Gasteiger partial charge is 0.140 e. The van der Waals surface area contributed by atoms with Crippen molar-refractivity contribution in [3.8, 4) is 0 Å². The first kappa shape index (κ1) is 12.1. The predicted octanol–water partition coefficient (Wildman–Crippen LogP) is 5.40. The van der Waals surface area contributed by atoms with Crippen LogP contribution in [0.25, 0.3) is 10.1 Å². The van der Waals surface area contributed by atoms with Gasteiger partial charge in [-0.1, -0.05) is 47.0 Å². The quantitative estimate of drug-likeness (QED) is 0.495. The van der Waals surface area contributed by atoms with Crippen LogP contribution in [0.4, 0.5) is 0 Å². The molecular formula is C14H17BrS. The van der Waals surface area contributed by atoms with Gasteiger partial charge in [0, 0.05) is 14.9 Å². The van der Waals surface area contributed by atoms with Crippen LogP contribution in [0, 0.1) is 0 Å². The van der Waals surface area contributed by atoms with Crippen LogP contribution < -0.4 is 0 Å². The smallest absolute Gasteiger partial charge is 0.0345 e. The number of thiophene rings is 1. The SMILES string of the molecule is BrCCCCCCc1cc2ccccc2s1. The lowest BCUT2D eigenvalue weighted by Crippen LogP contribution is -1.82. The molecule has 0 aliphatic heterocycles. The van der Waals surface area contributed by atoms with Crippen LogP contribution in [0.5, 0.6) is 0 Å². The summed E-state index contributed by atoms with van der Waals surface area (Å²) in [6, 6.07) is 11.0. The molecule has 2 heteroatoms. The molecule has 0 bridgehead atoms. The number of fused-ring (bicyclic) bond motifs is 1. The third kappa shape index (κ3) is 3.33. The Morgan fingerprint density at radius 1 is 1.00 bits per heavy atom. The van der Waals surface area contributed by atoms with Gasteiger partial charge in [-0.05, 0) is 36.8 Å². The molecule has 2 aromatic rings. The van der Waals surface area contributed by atoms with E-state index < -0.39 is 0 Å². The van der Waals surface area contributed by atoms with Gasteiger partial charge in [-0.15, -0.1) is 11.3 Å². The maximum atomic E-state index is 3.47. The fraction of sp³-hybridized carbons (Fsp3) is 0.429. The molecule has 0 aliphatic rings. The molecule has 16 heavy (non-hydrogen) atoms. The standard InChI is InChI=1S/C14H17BrS/c15-10-6-2-1-3-8-13-11-12-7-4-5-9-14(12)16-13/h4-5,7,9,11H,1-3,6,8,10H2. The minimum Gasteiger partial charge on any atom is -0.140 e. The van der Waals surface area contributed by atoms with E-state index in [1.165, 1.54) is 42.2 Å². The van der Waals surface area contributed by atoms with Crippen molar-refractivity contribution in [2.75, 3.05) is 5.33 Å². The van der Waals surface area contributed by atoms with E-state index >= 15 is 0 Å². The summed E-state index contributed by atoms with van der Waals surface area (Å²) in [5, 5.41) is 2.55. The number of halogens is 1. The van der Waals surface area contributed by atoms with E-state index in [9.17, 15) is 0 Å². The highest BCUT2D eigenvalue weighted by molar-refractivity contribution is 9.09. The summed E-state index contributed by atoms with van der Waals surface area (Å²) in [5.41, 5.74) is 0. The zero-order valence-corrected chi connectivity index (χ0v) is 11.8. The fourth-order valence-corrected chi connectivity index (χ4v) is 3.41. The van der Waals surface area contributed by atoms with E-state index in [0.717, 1.165) is 5.33 Å². The van der Waals surface area contributed by atoms with Gasteiger partial charge < -0.3 is 0 Å². The summed E-state index contributed by atoms with van der Waals surface area (Å²) < 4.78 is 1.43. The van der Waals surface area contributed by atoms with Crippen LogP contribution in [0.15, 0.2) is 30.3 Å². The van der Waals surface area contributed by atoms with E-state index in [2.05, 4.69) is 46.3 Å². The molecule has 0 saturated heterocycles. The molecule has 0 radical (unpaired) electrons. The second-order valence-electron chi connectivity index (χ2n) is 4.10. The second-order valence-corrected chi connectivity index (χ2v) is 6.07. The van der Waals surface area contributed by atoms with Crippen LogP contribution in [-0.2, 0) is 6.42 Å². The zero-order chi connectivity index (χ0) is 11.2. The first-order chi connectivity index (χ1) is 7.90. The highest BCUT2D eigenvalue weighted by Crippen LogP contribution is 2.26. The Labute approximate surface area is 110 Å². The summed E-state index contributed by atoms with van der Waals surface area (Å²) in [6.45, 7) is 0. The van der Waals surface area contributed by atoms with Gasteiger partial charge in [-0.2, -0.15) is 0 Å². The monoisotopic (exact) mass is 296 g/mol. The topological polar surface area (TPSA) is 0 Å². The molecule has 0 aliphatic carbocycles. The van der Waals surface area contributed by atoms with Crippen LogP contribution >= 0.6 is 27.3 Å². The van der Waals surface area contributed by atoms with Gasteiger partial charge in [0.05, 0.1) is 0 Å². The van der Waals surface area contributed by atoms with Gasteiger partial charge in [-0.25, -0.2) is 0 Å². The first-order valence-electron chi connectivity index (χ1n) is 5.93. The summed E-state index contributed by atoms with van der Waals surface area (Å²) in [6.07, 6.45) is 6.61. The van der Waals surface area contributed by atoms with Gasteiger partial charge in [0.25, 0.3) is 0 Å². The maximum absolute atomic E-state index is 3.47. The van der Waals surface area contributed by atoms with Crippen molar-refractivity contribution in [1.82, 2.24) is 0 Å². The fourth-order valence-electron chi connectivity index (χ4n) is 1.91. The van der Waals surface area contributed by atoms with Crippen molar-refractivity contribution in [3.05, 3.63) is 35.2 Å². The molecule has 2 rings (SSSR count). The molecule has 0 saturated carbocycles. The Morgan fingerprint density at radius 2 is 1.81 bits per heavy atom. The summed E-state index contributed by atoms with van der Waals surface area (Å²) in [4.78, 5) is 1.54. The highest BCUT2D eigenvalue weighted by atomic mass is 79.9. The Balaban J connectivity index is 1.85. The molecule has 0 unspecified atom stereocenters. The van der Waals surface area contributed by atoms with Crippen LogP contribution in [-0.4, -0.2) is 5.33 Å². The zero-order valence-electron chi connectivity index (χ0n) is 9.42. The van der Waals surface area contributed by atoms with E-state index in [-0.39, 0.29) is 0 Å². The highest BCUT2D eigenvalue weighted by Gasteiger charge is 2.00. The van der Waals surface area contributed by atoms with E-state index in [0.29, 0.717) is 0 Å². The van der Waals surface area contributed by atoms with Crippen LogP contribution in [0.1, 0.15) is 30.6 Å². The lowest BCUT2D eigenvalue weighted by atomic mass is 10.1. The van der Waals surface area contributed by atoms with E-state index in [4.69, 9.17) is 0 Å². The minimum atomic E-state index is 1.15. The normalized spacial score (nSPS) is 11.1. The van der Waals surface area contributed by atoms with Gasteiger partial charge in [0.2, 0.25) is 0 Å². The van der Waals surface area contributed by atoms with Crippen molar-refractivity contribution in [1.29, 1.82) is 0 Å². The Morgan fingerprint density at radius 3 is 2.62 bits per heavy atom. The molecule has 86 valence electrons. The van der Waals surface area contributed by atoms with Gasteiger partial charge in [-0.3, -0.25) is 0 Å². The number of hydrogen-bond donors (Lipinski definition) is 0. The van der Waals surface area contributed by atoms with Crippen molar-refractivity contribution >= 4 is 37.4 Å². The lowest BCUT2D eigenvalue weighted by Gasteiger charge is -1.97. The number of hydrogen-bond acceptors (Lipinski definition) is 1. The number of benzene rings is 1. The number of rotatable bonds is 6. The predicted molar refractivity (Wildman–Crippen MR) is 77.8 cm³/mol. The molecule has 1 heterocycles. The van der Waals surface area contributed by atoms with Gasteiger partial charge in [0.15, 0.2) is 0 Å². The number of alkyl halides is 1. The minimum absolute atomic E-state index is 1.15. The molecule has 0 N–H and O–H groups in total. The summed E-state index contributed by atoms with van der Waals surface area (Å²) >= 11 is 5.42. The Bertz CT molecular complexity index is 400. The first-order valence-corrected chi connectivity index (χ1v) is 7.87. The Hall–Kier alpha value is -0.340. The molecule has 0 nitrogen and oxygen atoms in total. The molecular weight excluding hydrogens is 280 g/mol. The maximum Gasteiger partial charge on any atom is 0.0345 e.